The Morgan fingerprint density at radius 3 is 2.72 bits per heavy atom. The fourth-order valence-electron chi connectivity index (χ4n) is 9.98. The molecule has 2 fully saturated rings. The number of nitrogens with one attached hydrogen (secondary N) is 1. The molecule has 2 N–H and O–H groups in total. The third kappa shape index (κ3) is 6.60. The monoisotopic (exact) mass is 733 g/mol. The van der Waals surface area contributed by atoms with Gasteiger partial charge < -0.3 is 9.84 Å². The molecular weight excluding hydrogens is 687 g/mol. The molecule has 0 spiro atoms. The van der Waals surface area contributed by atoms with E-state index < -0.39 is 5.97 Å². The number of nitrogens with zero attached hydrogens (tertiary/aromatic N) is 6. The van der Waals surface area contributed by atoms with Crippen LogP contribution >= 0.6 is 11.3 Å². The van der Waals surface area contributed by atoms with E-state index in [0.717, 1.165) is 90.7 Å². The number of urea groups is 1. The van der Waals surface area contributed by atoms with E-state index in [4.69, 9.17) is 14.8 Å². The van der Waals surface area contributed by atoms with Crippen LogP contribution in [0, 0.1) is 17.8 Å². The minimum absolute atomic E-state index is 0.0238. The van der Waals surface area contributed by atoms with Crippen molar-refractivity contribution in [2.24, 2.45) is 10.8 Å². The quantitative estimate of drug-likeness (QED) is 0.153. The maximum absolute atomic E-state index is 13.6. The number of aromatic carboxylic acids is 1. The maximum Gasteiger partial charge on any atom is 0.355 e. The number of carbonyl (C=O) groups excluding carboxylic acids is 1. The Kier molecular flexibility index (Phi) is 9.09. The standard InChI is InChI=1S/C41H47N7O4S/c1-5-15-41(52-4)23-39(3)16-8-17-40(22-39,24-41)25-48-26(2)30(21-43-48)29-13-14-31(44-34(29)36(49)50)28-12-11-27-9-7-19-47(32(27)20-28)38(51)46-37-45-35-33(53-37)10-6-18-42-35/h6,10-14,18,20-21H,5,7-9,15-17,19,22-25H2,1-4H3,(H,49,50)(H,42,45,46,51). The van der Waals surface area contributed by atoms with E-state index in [9.17, 15) is 14.7 Å². The smallest absolute Gasteiger partial charge is 0.355 e. The van der Waals surface area contributed by atoms with Gasteiger partial charge in [-0.1, -0.05) is 50.2 Å². The number of hydrogen-bond donors (Lipinski definition) is 2. The molecule has 2 aliphatic carbocycles. The van der Waals surface area contributed by atoms with Gasteiger partial charge in [0.05, 0.1) is 22.2 Å². The number of amides is 2. The number of methoxy groups -OCH3 is 1. The number of rotatable bonds is 9. The van der Waals surface area contributed by atoms with Gasteiger partial charge in [-0.15, -0.1) is 0 Å². The number of carbonyl (C=O) groups is 2. The van der Waals surface area contributed by atoms with Gasteiger partial charge in [0.2, 0.25) is 0 Å². The van der Waals surface area contributed by atoms with Crippen LogP contribution in [0.1, 0.15) is 93.4 Å². The van der Waals surface area contributed by atoms with Crippen molar-refractivity contribution in [3.8, 4) is 22.4 Å². The summed E-state index contributed by atoms with van der Waals surface area (Å²) in [5.41, 5.74) is 6.12. The fraction of sp³-hybridized carbons (Fsp3) is 0.463. The summed E-state index contributed by atoms with van der Waals surface area (Å²) in [5, 5.41) is 18.8. The van der Waals surface area contributed by atoms with Gasteiger partial charge in [-0.05, 0) is 105 Å². The van der Waals surface area contributed by atoms with Gasteiger partial charge in [-0.3, -0.25) is 14.9 Å². The number of aryl methyl sites for hydroxylation is 1. The third-order valence-corrected chi connectivity index (χ3v) is 12.9. The minimum atomic E-state index is -1.10. The van der Waals surface area contributed by atoms with Crippen LogP contribution in [0.3, 0.4) is 0 Å². The molecular formula is C41H47N7O4S. The summed E-state index contributed by atoms with van der Waals surface area (Å²) in [6, 6.07) is 13.1. The lowest BCUT2D eigenvalue weighted by Crippen LogP contribution is -2.53. The Labute approximate surface area is 313 Å². The predicted molar refractivity (Wildman–Crippen MR) is 208 cm³/mol. The molecule has 5 aromatic rings. The Bertz CT molecular complexity index is 2180. The highest BCUT2D eigenvalue weighted by Crippen LogP contribution is 2.61. The SMILES string of the molecule is CCCC1(OC)CC2(C)CCCC(Cn3ncc(-c4ccc(-c5ccc6c(c5)N(C(=O)Nc5nc7ncccc7s5)CCC6)nc4C(=O)O)c3C)(C2)C1. The molecule has 0 radical (unpaired) electrons. The van der Waals surface area contributed by atoms with Crippen molar-refractivity contribution in [1.82, 2.24) is 24.7 Å². The number of ether oxygens (including phenoxy) is 1. The zero-order chi connectivity index (χ0) is 37.0. The lowest BCUT2D eigenvalue weighted by molar-refractivity contribution is -0.152. The molecule has 2 bridgehead atoms. The number of pyridine rings is 2. The molecule has 1 aromatic carbocycles. The first-order valence-corrected chi connectivity index (χ1v) is 19.6. The summed E-state index contributed by atoms with van der Waals surface area (Å²) in [6.45, 7) is 8.05. The molecule has 276 valence electrons. The molecule has 1 aliphatic heterocycles. The zero-order valence-corrected chi connectivity index (χ0v) is 31.8. The van der Waals surface area contributed by atoms with Crippen molar-refractivity contribution in [1.29, 1.82) is 0 Å². The van der Waals surface area contributed by atoms with Crippen molar-refractivity contribution in [2.45, 2.75) is 97.1 Å². The molecule has 12 heteroatoms. The summed E-state index contributed by atoms with van der Waals surface area (Å²) < 4.78 is 9.32. The molecule has 5 heterocycles. The Balaban J connectivity index is 1.07. The molecule has 0 saturated heterocycles. The first kappa shape index (κ1) is 35.4. The predicted octanol–water partition coefficient (Wildman–Crippen LogP) is 9.15. The van der Waals surface area contributed by atoms with E-state index in [0.29, 0.717) is 28.6 Å². The second-order valence-corrected chi connectivity index (χ2v) is 16.9. The van der Waals surface area contributed by atoms with Crippen molar-refractivity contribution < 1.29 is 19.4 Å². The van der Waals surface area contributed by atoms with Crippen LogP contribution in [-0.4, -0.2) is 61.1 Å². The van der Waals surface area contributed by atoms with Gasteiger partial charge >= 0.3 is 12.0 Å². The molecule has 8 rings (SSSR count). The van der Waals surface area contributed by atoms with Crippen LogP contribution in [0.25, 0.3) is 32.7 Å². The molecule has 2 amide bonds. The summed E-state index contributed by atoms with van der Waals surface area (Å²) >= 11 is 1.38. The van der Waals surface area contributed by atoms with Crippen LogP contribution < -0.4 is 10.2 Å². The minimum Gasteiger partial charge on any atom is -0.476 e. The lowest BCUT2D eigenvalue weighted by atomic mass is 9.51. The van der Waals surface area contributed by atoms with Crippen LogP contribution in [0.4, 0.5) is 15.6 Å². The normalized spacial score (nSPS) is 23.9. The van der Waals surface area contributed by atoms with Crippen molar-refractivity contribution in [3.05, 3.63) is 71.8 Å². The molecule has 4 aromatic heterocycles. The number of benzene rings is 1. The Hall–Kier alpha value is -4.68. The number of aromatic nitrogens is 5. The molecule has 3 aliphatic rings. The van der Waals surface area contributed by atoms with Gasteiger partial charge in [-0.2, -0.15) is 10.1 Å². The van der Waals surface area contributed by atoms with Crippen molar-refractivity contribution >= 4 is 44.5 Å². The molecule has 3 atom stereocenters. The largest absolute Gasteiger partial charge is 0.476 e. The highest BCUT2D eigenvalue weighted by atomic mass is 32.1. The molecule has 11 nitrogen and oxygen atoms in total. The van der Waals surface area contributed by atoms with Crippen LogP contribution in [0.15, 0.2) is 54.9 Å². The third-order valence-electron chi connectivity index (χ3n) is 12.0. The number of fused-ring (bicyclic) bond motifs is 4. The first-order chi connectivity index (χ1) is 25.5. The Morgan fingerprint density at radius 1 is 1.06 bits per heavy atom. The second kappa shape index (κ2) is 13.6. The molecule has 3 unspecified atom stereocenters. The number of carboxylic acids is 1. The number of carboxylic acid groups (broad SMARTS) is 1. The van der Waals surface area contributed by atoms with E-state index in [2.05, 4.69) is 33.8 Å². The zero-order valence-electron chi connectivity index (χ0n) is 30.9. The van der Waals surface area contributed by atoms with E-state index in [1.54, 1.807) is 17.3 Å². The van der Waals surface area contributed by atoms with Gasteiger partial charge in [-0.25, -0.2) is 19.6 Å². The highest BCUT2D eigenvalue weighted by molar-refractivity contribution is 7.22. The van der Waals surface area contributed by atoms with Gasteiger partial charge in [0, 0.05) is 54.5 Å². The average molecular weight is 734 g/mol. The maximum atomic E-state index is 13.6. The summed E-state index contributed by atoms with van der Waals surface area (Å²) in [6.07, 6.45) is 14.1. The molecule has 53 heavy (non-hydrogen) atoms. The average Bonchev–Trinajstić information content (AvgIpc) is 3.72. The van der Waals surface area contributed by atoms with Crippen molar-refractivity contribution in [2.75, 3.05) is 23.9 Å². The highest BCUT2D eigenvalue weighted by Gasteiger charge is 2.55. The van der Waals surface area contributed by atoms with E-state index in [1.165, 1.54) is 24.2 Å². The number of thiazole rings is 1. The first-order valence-electron chi connectivity index (χ1n) is 18.8. The number of anilines is 2. The van der Waals surface area contributed by atoms with Gasteiger partial charge in [0.25, 0.3) is 0 Å². The van der Waals surface area contributed by atoms with Gasteiger partial charge in [0.1, 0.15) is 0 Å². The van der Waals surface area contributed by atoms with E-state index >= 15 is 0 Å². The Morgan fingerprint density at radius 2 is 1.92 bits per heavy atom. The molecule has 2 saturated carbocycles. The van der Waals surface area contributed by atoms with E-state index in [1.807, 2.05) is 56.5 Å². The second-order valence-electron chi connectivity index (χ2n) is 15.9. The number of hydrogen-bond acceptors (Lipinski definition) is 8. The van der Waals surface area contributed by atoms with Gasteiger partial charge in [0.15, 0.2) is 16.5 Å². The topological polar surface area (TPSA) is 135 Å². The summed E-state index contributed by atoms with van der Waals surface area (Å²) in [7, 11) is 1.88. The van der Waals surface area contributed by atoms with Crippen LogP contribution in [0.5, 0.6) is 0 Å². The fourth-order valence-corrected chi connectivity index (χ4v) is 10.8. The summed E-state index contributed by atoms with van der Waals surface area (Å²) in [5.74, 6) is -1.10. The lowest BCUT2D eigenvalue weighted by Gasteiger charge is -2.58. The van der Waals surface area contributed by atoms with Crippen molar-refractivity contribution in [3.63, 3.8) is 0 Å². The van der Waals surface area contributed by atoms with Crippen LogP contribution in [0.2, 0.25) is 0 Å². The summed E-state index contributed by atoms with van der Waals surface area (Å²) in [4.78, 5) is 41.6. The van der Waals surface area contributed by atoms with E-state index in [-0.39, 0.29) is 28.2 Å². The van der Waals surface area contributed by atoms with Crippen LogP contribution in [-0.2, 0) is 17.7 Å².